The molecule has 1 saturated heterocycles. The van der Waals surface area contributed by atoms with Gasteiger partial charge in [-0.3, -0.25) is 19.6 Å². The first-order chi connectivity index (χ1) is 22.3. The standard InChI is InChI=1S/C37H42F5N3O2/c1-34-20-31(26-6-4-24(5-7-26)22-44-15-17-45(18-16-44)23-25-3-2-14-43-21-25)33-29-11-9-28(46)19-27(29)8-10-30(33)32(34)12-13-35(34,47)36(38,39)37(40,41)42/h2-7,14,19,21,30-32,47H,8-13,15-18,20,22-23H2,1H3/t30-,31+,32-,34-,35-/m0/s1. The molecule has 0 radical (unpaired) electrons. The number of aromatic nitrogens is 1. The smallest absolute Gasteiger partial charge is 0.383 e. The number of pyridine rings is 1. The molecular weight excluding hydrogens is 613 g/mol. The van der Waals surface area contributed by atoms with Crippen LogP contribution >= 0.6 is 0 Å². The molecule has 2 aromatic rings. The van der Waals surface area contributed by atoms with E-state index in [1.807, 2.05) is 36.5 Å². The highest BCUT2D eigenvalue weighted by atomic mass is 19.4. The molecule has 0 unspecified atom stereocenters. The van der Waals surface area contributed by atoms with E-state index in [-0.39, 0.29) is 24.5 Å². The number of fused-ring (bicyclic) bond motifs is 4. The highest BCUT2D eigenvalue weighted by Crippen LogP contribution is 2.70. The lowest BCUT2D eigenvalue weighted by atomic mass is 9.50. The quantitative estimate of drug-likeness (QED) is 0.333. The van der Waals surface area contributed by atoms with Crippen molar-refractivity contribution in [1.82, 2.24) is 14.8 Å². The van der Waals surface area contributed by atoms with Crippen LogP contribution in [0.1, 0.15) is 74.5 Å². The Hall–Kier alpha value is -2.95. The van der Waals surface area contributed by atoms with Gasteiger partial charge in [0.2, 0.25) is 0 Å². The minimum Gasteiger partial charge on any atom is -0.383 e. The first-order valence-corrected chi connectivity index (χ1v) is 16.9. The van der Waals surface area contributed by atoms with Crippen molar-refractivity contribution in [3.8, 4) is 0 Å². The summed E-state index contributed by atoms with van der Waals surface area (Å²) in [4.78, 5) is 21.3. The van der Waals surface area contributed by atoms with Gasteiger partial charge in [0.1, 0.15) is 5.60 Å². The summed E-state index contributed by atoms with van der Waals surface area (Å²) in [7, 11) is 0. The average molecular weight is 656 g/mol. The molecule has 1 aromatic heterocycles. The fraction of sp³-hybridized carbons (Fsp3) is 0.568. The van der Waals surface area contributed by atoms with Crippen molar-refractivity contribution in [2.45, 2.75) is 88.6 Å². The SMILES string of the molecule is C[C@]12C[C@H](c3ccc(CN4CCN(Cc5cccnc5)CC4)cc3)C3=C4CCC(=O)C=C4CC[C@H]3[C@@H]1CC[C@@]2(O)C(F)(F)C(F)(F)F. The van der Waals surface area contributed by atoms with E-state index < -0.39 is 41.4 Å². The van der Waals surface area contributed by atoms with Crippen molar-refractivity contribution in [2.75, 3.05) is 26.2 Å². The van der Waals surface area contributed by atoms with Crippen LogP contribution in [0.3, 0.4) is 0 Å². The summed E-state index contributed by atoms with van der Waals surface area (Å²) < 4.78 is 72.1. The van der Waals surface area contributed by atoms with Gasteiger partial charge in [-0.05, 0) is 90.3 Å². The summed E-state index contributed by atoms with van der Waals surface area (Å²) in [6, 6.07) is 12.1. The molecule has 10 heteroatoms. The molecule has 7 rings (SSSR count). The molecule has 1 aliphatic heterocycles. The van der Waals surface area contributed by atoms with Crippen molar-refractivity contribution in [3.05, 3.63) is 88.3 Å². The number of hydrogen-bond donors (Lipinski definition) is 1. The molecule has 47 heavy (non-hydrogen) atoms. The lowest BCUT2D eigenvalue weighted by Crippen LogP contribution is -2.65. The van der Waals surface area contributed by atoms with Gasteiger partial charge >= 0.3 is 12.1 Å². The van der Waals surface area contributed by atoms with Crippen LogP contribution in [0.4, 0.5) is 22.0 Å². The topological polar surface area (TPSA) is 56.7 Å². The minimum atomic E-state index is -5.86. The van der Waals surface area contributed by atoms with Crippen LogP contribution in [0.15, 0.2) is 71.6 Å². The zero-order chi connectivity index (χ0) is 33.2. The van der Waals surface area contributed by atoms with Crippen LogP contribution < -0.4 is 0 Å². The highest BCUT2D eigenvalue weighted by Gasteiger charge is 2.79. The summed E-state index contributed by atoms with van der Waals surface area (Å²) in [6.07, 6.45) is 1.13. The predicted molar refractivity (Wildman–Crippen MR) is 167 cm³/mol. The van der Waals surface area contributed by atoms with Gasteiger partial charge in [-0.25, -0.2) is 0 Å². The van der Waals surface area contributed by atoms with E-state index in [4.69, 9.17) is 0 Å². The van der Waals surface area contributed by atoms with Gasteiger partial charge in [0.25, 0.3) is 0 Å². The summed E-state index contributed by atoms with van der Waals surface area (Å²) >= 11 is 0. The molecule has 4 aliphatic carbocycles. The molecule has 2 heterocycles. The number of rotatable bonds is 6. The van der Waals surface area contributed by atoms with Crippen LogP contribution in [0, 0.1) is 17.3 Å². The molecule has 1 N–H and O–H groups in total. The Balaban J connectivity index is 1.15. The second-order valence-corrected chi connectivity index (χ2v) is 14.6. The monoisotopic (exact) mass is 655 g/mol. The molecule has 5 aliphatic rings. The van der Waals surface area contributed by atoms with Gasteiger partial charge in [-0.2, -0.15) is 22.0 Å². The van der Waals surface area contributed by atoms with Gasteiger partial charge in [-0.15, -0.1) is 0 Å². The average Bonchev–Trinajstić information content (AvgIpc) is 3.33. The molecule has 0 bridgehead atoms. The van der Waals surface area contributed by atoms with Gasteiger partial charge < -0.3 is 5.11 Å². The Labute approximate surface area is 272 Å². The zero-order valence-corrected chi connectivity index (χ0v) is 26.7. The van der Waals surface area contributed by atoms with Gasteiger partial charge in [0, 0.05) is 69.4 Å². The maximum Gasteiger partial charge on any atom is 0.456 e. The van der Waals surface area contributed by atoms with Crippen molar-refractivity contribution >= 4 is 5.78 Å². The third-order valence-corrected chi connectivity index (χ3v) is 12.1. The second-order valence-electron chi connectivity index (χ2n) is 14.6. The number of alkyl halides is 5. The van der Waals surface area contributed by atoms with Gasteiger partial charge in [-0.1, -0.05) is 42.8 Å². The number of nitrogens with zero attached hydrogens (tertiary/aromatic N) is 3. The first-order valence-electron chi connectivity index (χ1n) is 16.9. The Kier molecular flexibility index (Phi) is 8.24. The fourth-order valence-corrected chi connectivity index (χ4v) is 9.68. The van der Waals surface area contributed by atoms with E-state index in [1.54, 1.807) is 12.3 Å². The number of halogens is 5. The number of benzene rings is 1. The molecule has 5 nitrogen and oxygen atoms in total. The van der Waals surface area contributed by atoms with Crippen LogP contribution in [0.5, 0.6) is 0 Å². The lowest BCUT2D eigenvalue weighted by molar-refractivity contribution is -0.362. The summed E-state index contributed by atoms with van der Waals surface area (Å²) in [5, 5.41) is 11.5. The molecule has 252 valence electrons. The van der Waals surface area contributed by atoms with Crippen LogP contribution in [-0.2, 0) is 17.9 Å². The molecule has 1 aromatic carbocycles. The van der Waals surface area contributed by atoms with E-state index >= 15 is 8.78 Å². The Morgan fingerprint density at radius 3 is 2.23 bits per heavy atom. The van der Waals surface area contributed by atoms with Crippen molar-refractivity contribution in [1.29, 1.82) is 0 Å². The second kappa shape index (κ2) is 11.9. The number of ketones is 1. The Morgan fingerprint density at radius 2 is 1.60 bits per heavy atom. The number of carbonyl (C=O) groups is 1. The lowest BCUT2D eigenvalue weighted by Gasteiger charge is -2.56. The van der Waals surface area contributed by atoms with E-state index in [1.165, 1.54) is 12.5 Å². The van der Waals surface area contributed by atoms with Crippen molar-refractivity contribution in [3.63, 3.8) is 0 Å². The van der Waals surface area contributed by atoms with Crippen LogP contribution in [0.2, 0.25) is 0 Å². The Bertz CT molecular complexity index is 1560. The number of piperazine rings is 1. The zero-order valence-electron chi connectivity index (χ0n) is 26.7. The van der Waals surface area contributed by atoms with Gasteiger partial charge in [0.15, 0.2) is 5.78 Å². The molecule has 0 spiro atoms. The third-order valence-electron chi connectivity index (χ3n) is 12.1. The first kappa shape index (κ1) is 32.6. The maximum absolute atomic E-state index is 15.3. The van der Waals surface area contributed by atoms with Crippen LogP contribution in [0.25, 0.3) is 0 Å². The molecule has 3 fully saturated rings. The van der Waals surface area contributed by atoms with E-state index in [9.17, 15) is 23.1 Å². The maximum atomic E-state index is 15.3. The van der Waals surface area contributed by atoms with Gasteiger partial charge in [0.05, 0.1) is 0 Å². The van der Waals surface area contributed by atoms with E-state index in [0.29, 0.717) is 25.7 Å². The van der Waals surface area contributed by atoms with Crippen molar-refractivity contribution in [2.24, 2.45) is 17.3 Å². The number of carbonyl (C=O) groups excluding carboxylic acids is 1. The largest absolute Gasteiger partial charge is 0.456 e. The fourth-order valence-electron chi connectivity index (χ4n) is 9.68. The van der Waals surface area contributed by atoms with E-state index in [0.717, 1.165) is 67.1 Å². The molecule has 2 saturated carbocycles. The van der Waals surface area contributed by atoms with E-state index in [2.05, 4.69) is 20.9 Å². The summed E-state index contributed by atoms with van der Waals surface area (Å²) in [5.41, 5.74) is 1.47. The van der Waals surface area contributed by atoms with Crippen LogP contribution in [-0.4, -0.2) is 69.6 Å². The summed E-state index contributed by atoms with van der Waals surface area (Å²) in [5.74, 6) is -6.31. The molecular formula is C37H42F5N3O2. The predicted octanol–water partition coefficient (Wildman–Crippen LogP) is 7.23. The number of allylic oxidation sites excluding steroid dienone is 4. The van der Waals surface area contributed by atoms with Crippen molar-refractivity contribution < 1.29 is 31.9 Å². The normalized spacial score (nSPS) is 32.1. The Morgan fingerprint density at radius 1 is 0.915 bits per heavy atom. The summed E-state index contributed by atoms with van der Waals surface area (Å²) in [6.45, 7) is 6.81. The number of hydrogen-bond acceptors (Lipinski definition) is 5. The molecule has 5 atom stereocenters. The number of aliphatic hydroxyl groups is 1. The highest BCUT2D eigenvalue weighted by molar-refractivity contribution is 5.93. The molecule has 0 amide bonds. The minimum absolute atomic E-state index is 0.00532. The third kappa shape index (κ3) is 5.48.